The number of ether oxygens (including phenoxy) is 1. The van der Waals surface area contributed by atoms with Crippen molar-refractivity contribution in [3.05, 3.63) is 64.3 Å². The fraction of sp³-hybridized carbons (Fsp3) is 0.0588. The van der Waals surface area contributed by atoms with Gasteiger partial charge in [0, 0.05) is 21.9 Å². The predicted octanol–water partition coefficient (Wildman–Crippen LogP) is 3.21. The Kier molecular flexibility index (Phi) is 3.36. The van der Waals surface area contributed by atoms with Crippen molar-refractivity contribution in [2.24, 2.45) is 0 Å². The van der Waals surface area contributed by atoms with Crippen LogP contribution < -0.4 is 10.3 Å². The van der Waals surface area contributed by atoms with Gasteiger partial charge in [0.15, 0.2) is 0 Å². The summed E-state index contributed by atoms with van der Waals surface area (Å²) in [6, 6.07) is 12.9. The molecule has 0 bridgehead atoms. The van der Waals surface area contributed by atoms with E-state index in [1.807, 2.05) is 6.07 Å². The molecular formula is C17H11FN2O2. The van der Waals surface area contributed by atoms with Gasteiger partial charge in [0.2, 0.25) is 0 Å². The van der Waals surface area contributed by atoms with E-state index in [0.29, 0.717) is 22.1 Å². The molecule has 2 aromatic carbocycles. The van der Waals surface area contributed by atoms with Crippen molar-refractivity contribution in [3.63, 3.8) is 0 Å². The largest absolute Gasteiger partial charge is 0.497 e. The molecule has 108 valence electrons. The standard InChI is InChI=1S/C17H11FN2O2/c1-22-10-6-7-11-13(8-10)16(15(9-19)20-17(11)21)12-4-2-3-5-14(12)18/h2-8H,1H3,(H,20,21). The summed E-state index contributed by atoms with van der Waals surface area (Å²) in [5.41, 5.74) is 0.243. The number of hydrogen-bond donors (Lipinski definition) is 1. The van der Waals surface area contributed by atoms with Crippen molar-refractivity contribution in [2.45, 2.75) is 0 Å². The molecule has 0 aliphatic heterocycles. The van der Waals surface area contributed by atoms with Crippen LogP contribution in [0.3, 0.4) is 0 Å². The summed E-state index contributed by atoms with van der Waals surface area (Å²) in [5.74, 6) is 0.0646. The topological polar surface area (TPSA) is 65.9 Å². The molecule has 0 saturated heterocycles. The third kappa shape index (κ3) is 2.11. The maximum atomic E-state index is 14.2. The minimum absolute atomic E-state index is 0.0239. The molecule has 0 saturated carbocycles. The number of H-pyrrole nitrogens is 1. The van der Waals surface area contributed by atoms with E-state index in [2.05, 4.69) is 4.98 Å². The Morgan fingerprint density at radius 1 is 1.18 bits per heavy atom. The summed E-state index contributed by atoms with van der Waals surface area (Å²) in [7, 11) is 1.50. The van der Waals surface area contributed by atoms with E-state index < -0.39 is 11.4 Å². The van der Waals surface area contributed by atoms with Gasteiger partial charge in [-0.25, -0.2) is 4.39 Å². The molecule has 0 fully saturated rings. The summed E-state index contributed by atoms with van der Waals surface area (Å²) in [6.07, 6.45) is 0. The zero-order valence-electron chi connectivity index (χ0n) is 11.7. The molecule has 0 amide bonds. The second-order valence-corrected chi connectivity index (χ2v) is 4.71. The summed E-state index contributed by atoms with van der Waals surface area (Å²) in [4.78, 5) is 14.6. The van der Waals surface area contributed by atoms with Gasteiger partial charge in [-0.15, -0.1) is 0 Å². The molecule has 0 atom stereocenters. The average Bonchev–Trinajstić information content (AvgIpc) is 2.55. The lowest BCUT2D eigenvalue weighted by molar-refractivity contribution is 0.415. The van der Waals surface area contributed by atoms with Gasteiger partial charge in [-0.05, 0) is 24.3 Å². The van der Waals surface area contributed by atoms with Crippen LogP contribution in [0, 0.1) is 17.1 Å². The number of hydrogen-bond acceptors (Lipinski definition) is 3. The van der Waals surface area contributed by atoms with Crippen LogP contribution in [0.25, 0.3) is 21.9 Å². The molecule has 0 aliphatic rings. The molecule has 5 heteroatoms. The third-order valence-corrected chi connectivity index (χ3v) is 3.48. The highest BCUT2D eigenvalue weighted by Gasteiger charge is 2.16. The zero-order valence-corrected chi connectivity index (χ0v) is 11.7. The number of methoxy groups -OCH3 is 1. The van der Waals surface area contributed by atoms with Crippen LogP contribution in [-0.4, -0.2) is 12.1 Å². The average molecular weight is 294 g/mol. The molecule has 1 heterocycles. The van der Waals surface area contributed by atoms with E-state index in [4.69, 9.17) is 4.74 Å². The van der Waals surface area contributed by atoms with Gasteiger partial charge in [0.1, 0.15) is 23.3 Å². The Labute approximate surface area is 125 Å². The van der Waals surface area contributed by atoms with E-state index in [9.17, 15) is 14.4 Å². The highest BCUT2D eigenvalue weighted by atomic mass is 19.1. The zero-order chi connectivity index (χ0) is 15.7. The Bertz CT molecular complexity index is 971. The number of aromatic amines is 1. The monoisotopic (exact) mass is 294 g/mol. The Morgan fingerprint density at radius 2 is 1.95 bits per heavy atom. The predicted molar refractivity (Wildman–Crippen MR) is 81.2 cm³/mol. The van der Waals surface area contributed by atoms with Crippen LogP contribution in [0.15, 0.2) is 47.3 Å². The molecule has 0 aliphatic carbocycles. The minimum atomic E-state index is -0.463. The van der Waals surface area contributed by atoms with Gasteiger partial charge in [-0.1, -0.05) is 18.2 Å². The molecule has 4 nitrogen and oxygen atoms in total. The molecule has 0 unspecified atom stereocenters. The van der Waals surface area contributed by atoms with Gasteiger partial charge in [-0.2, -0.15) is 5.26 Å². The Balaban J connectivity index is 2.51. The third-order valence-electron chi connectivity index (χ3n) is 3.48. The van der Waals surface area contributed by atoms with E-state index in [0.717, 1.165) is 0 Å². The van der Waals surface area contributed by atoms with Crippen molar-refractivity contribution >= 4 is 10.8 Å². The molecule has 1 N–H and O–H groups in total. The number of fused-ring (bicyclic) bond motifs is 1. The second-order valence-electron chi connectivity index (χ2n) is 4.71. The fourth-order valence-corrected chi connectivity index (χ4v) is 2.46. The van der Waals surface area contributed by atoms with Gasteiger partial charge in [0.05, 0.1) is 7.11 Å². The van der Waals surface area contributed by atoms with Crippen LogP contribution in [0.1, 0.15) is 5.69 Å². The number of aromatic nitrogens is 1. The van der Waals surface area contributed by atoms with Crippen LogP contribution in [0.5, 0.6) is 5.75 Å². The van der Waals surface area contributed by atoms with Crippen molar-refractivity contribution < 1.29 is 9.13 Å². The SMILES string of the molecule is COc1ccc2c(=O)[nH]c(C#N)c(-c3ccccc3F)c2c1. The molecule has 22 heavy (non-hydrogen) atoms. The maximum absolute atomic E-state index is 14.2. The number of pyridine rings is 1. The smallest absolute Gasteiger partial charge is 0.256 e. The van der Waals surface area contributed by atoms with E-state index in [1.54, 1.807) is 36.4 Å². The Morgan fingerprint density at radius 3 is 2.64 bits per heavy atom. The normalized spacial score (nSPS) is 10.4. The van der Waals surface area contributed by atoms with E-state index in [1.165, 1.54) is 13.2 Å². The first-order chi connectivity index (χ1) is 10.7. The van der Waals surface area contributed by atoms with Gasteiger partial charge < -0.3 is 9.72 Å². The van der Waals surface area contributed by atoms with Crippen molar-refractivity contribution in [3.8, 4) is 22.9 Å². The first-order valence-electron chi connectivity index (χ1n) is 6.54. The lowest BCUT2D eigenvalue weighted by Crippen LogP contribution is -2.10. The number of rotatable bonds is 2. The highest BCUT2D eigenvalue weighted by Crippen LogP contribution is 2.32. The molecule has 0 radical (unpaired) electrons. The summed E-state index contributed by atoms with van der Waals surface area (Å²) >= 11 is 0. The first-order valence-corrected chi connectivity index (χ1v) is 6.54. The lowest BCUT2D eigenvalue weighted by Gasteiger charge is -2.11. The number of benzene rings is 2. The van der Waals surface area contributed by atoms with Crippen molar-refractivity contribution in [1.29, 1.82) is 5.26 Å². The first kappa shape index (κ1) is 13.8. The van der Waals surface area contributed by atoms with Crippen LogP contribution in [0.4, 0.5) is 4.39 Å². The summed E-state index contributed by atoms with van der Waals surface area (Å²) < 4.78 is 19.3. The number of nitrogens with zero attached hydrogens (tertiary/aromatic N) is 1. The molecule has 0 spiro atoms. The minimum Gasteiger partial charge on any atom is -0.497 e. The van der Waals surface area contributed by atoms with E-state index in [-0.39, 0.29) is 11.3 Å². The van der Waals surface area contributed by atoms with Crippen molar-refractivity contribution in [2.75, 3.05) is 7.11 Å². The highest BCUT2D eigenvalue weighted by molar-refractivity contribution is 5.98. The molecule has 3 aromatic rings. The quantitative estimate of drug-likeness (QED) is 0.789. The van der Waals surface area contributed by atoms with Crippen LogP contribution in [-0.2, 0) is 0 Å². The van der Waals surface area contributed by atoms with Crippen LogP contribution >= 0.6 is 0 Å². The summed E-state index contributed by atoms with van der Waals surface area (Å²) in [5, 5.41) is 10.2. The Hall–Kier alpha value is -3.13. The summed E-state index contributed by atoms with van der Waals surface area (Å²) in [6.45, 7) is 0. The lowest BCUT2D eigenvalue weighted by atomic mass is 9.97. The molecular weight excluding hydrogens is 283 g/mol. The number of nitrogens with one attached hydrogen (secondary N) is 1. The van der Waals surface area contributed by atoms with Gasteiger partial charge >= 0.3 is 0 Å². The molecule has 3 rings (SSSR count). The maximum Gasteiger partial charge on any atom is 0.256 e. The number of nitriles is 1. The fourth-order valence-electron chi connectivity index (χ4n) is 2.46. The van der Waals surface area contributed by atoms with E-state index >= 15 is 0 Å². The van der Waals surface area contributed by atoms with Crippen LogP contribution in [0.2, 0.25) is 0 Å². The van der Waals surface area contributed by atoms with Gasteiger partial charge in [0.25, 0.3) is 5.56 Å². The second kappa shape index (κ2) is 5.34. The number of halogens is 1. The van der Waals surface area contributed by atoms with Crippen molar-refractivity contribution in [1.82, 2.24) is 4.98 Å². The molecule has 1 aromatic heterocycles. The van der Waals surface area contributed by atoms with Gasteiger partial charge in [-0.3, -0.25) is 4.79 Å².